The Morgan fingerprint density at radius 3 is 2.32 bits per heavy atom. The minimum absolute atomic E-state index is 0.0917. The van der Waals surface area contributed by atoms with Crippen molar-refractivity contribution in [2.45, 2.75) is 24.7 Å². The highest BCUT2D eigenvalue weighted by Crippen LogP contribution is 2.22. The normalized spacial score (nSPS) is 11.7. The maximum absolute atomic E-state index is 13.5. The van der Waals surface area contributed by atoms with E-state index in [1.54, 1.807) is 0 Å². The van der Waals surface area contributed by atoms with Gasteiger partial charge in [0.05, 0.1) is 12.4 Å². The molecule has 0 atom stereocenters. The van der Waals surface area contributed by atoms with Gasteiger partial charge in [0.1, 0.15) is 16.5 Å². The van der Waals surface area contributed by atoms with Crippen LogP contribution in [0.1, 0.15) is 19.8 Å². The number of ether oxygens (including phenoxy) is 1. The third-order valence-corrected chi connectivity index (χ3v) is 4.19. The van der Waals surface area contributed by atoms with Crippen LogP contribution in [0.15, 0.2) is 17.0 Å². The zero-order chi connectivity index (χ0) is 14.5. The minimum Gasteiger partial charge on any atom is -0.399 e. The number of unbranched alkanes of at least 4 members (excludes halogenated alkanes) is 1. The summed E-state index contributed by atoms with van der Waals surface area (Å²) >= 11 is 0. The van der Waals surface area contributed by atoms with Gasteiger partial charge in [0, 0.05) is 12.3 Å². The SMILES string of the molecule is CCCCOCCS(=O)(=O)c1c(F)cc(N)cc1F. The number of hydrogen-bond acceptors (Lipinski definition) is 4. The highest BCUT2D eigenvalue weighted by atomic mass is 32.2. The Hall–Kier alpha value is -1.21. The standard InChI is InChI=1S/C12H17F2NO3S/c1-2-3-4-18-5-6-19(16,17)12-10(13)7-9(15)8-11(12)14/h7-8H,2-6,15H2,1H3. The van der Waals surface area contributed by atoms with E-state index in [0.717, 1.165) is 25.0 Å². The Bertz CT molecular complexity index is 509. The van der Waals surface area contributed by atoms with Crippen molar-refractivity contribution in [2.24, 2.45) is 0 Å². The maximum atomic E-state index is 13.5. The number of nitrogens with two attached hydrogens (primary N) is 1. The molecule has 0 bridgehead atoms. The van der Waals surface area contributed by atoms with Crippen molar-refractivity contribution in [3.8, 4) is 0 Å². The first-order chi connectivity index (χ1) is 8.88. The molecule has 0 amide bonds. The fraction of sp³-hybridized carbons (Fsp3) is 0.500. The number of halogens is 2. The van der Waals surface area contributed by atoms with E-state index in [4.69, 9.17) is 10.5 Å². The largest absolute Gasteiger partial charge is 0.399 e. The monoisotopic (exact) mass is 293 g/mol. The third-order valence-electron chi connectivity index (χ3n) is 2.47. The summed E-state index contributed by atoms with van der Waals surface area (Å²) in [4.78, 5) is -0.944. The van der Waals surface area contributed by atoms with Crippen LogP contribution in [0.5, 0.6) is 0 Å². The van der Waals surface area contributed by atoms with Crippen LogP contribution in [-0.4, -0.2) is 27.4 Å². The summed E-state index contributed by atoms with van der Waals surface area (Å²) in [6, 6.07) is 1.57. The fourth-order valence-electron chi connectivity index (χ4n) is 1.50. The van der Waals surface area contributed by atoms with Crippen molar-refractivity contribution >= 4 is 15.5 Å². The molecule has 0 aromatic heterocycles. The molecule has 0 heterocycles. The zero-order valence-electron chi connectivity index (χ0n) is 10.7. The minimum atomic E-state index is -4.06. The van der Waals surface area contributed by atoms with Crippen LogP contribution in [0.4, 0.5) is 14.5 Å². The molecule has 4 nitrogen and oxygen atoms in total. The van der Waals surface area contributed by atoms with Crippen molar-refractivity contribution in [1.29, 1.82) is 0 Å². The molecule has 0 saturated heterocycles. The van der Waals surface area contributed by atoms with Gasteiger partial charge in [-0.2, -0.15) is 0 Å². The lowest BCUT2D eigenvalue weighted by atomic mass is 10.3. The molecule has 19 heavy (non-hydrogen) atoms. The van der Waals surface area contributed by atoms with Crippen LogP contribution < -0.4 is 5.73 Å². The average molecular weight is 293 g/mol. The van der Waals surface area contributed by atoms with Gasteiger partial charge in [-0.15, -0.1) is 0 Å². The summed E-state index contributed by atoms with van der Waals surface area (Å²) in [5.74, 6) is -2.81. The van der Waals surface area contributed by atoms with Gasteiger partial charge in [-0.05, 0) is 18.6 Å². The van der Waals surface area contributed by atoms with Gasteiger partial charge in [0.15, 0.2) is 9.84 Å². The molecule has 7 heteroatoms. The van der Waals surface area contributed by atoms with Crippen LogP contribution in [-0.2, 0) is 14.6 Å². The topological polar surface area (TPSA) is 69.4 Å². The van der Waals surface area contributed by atoms with Gasteiger partial charge in [-0.25, -0.2) is 17.2 Å². The van der Waals surface area contributed by atoms with Gasteiger partial charge in [0.2, 0.25) is 0 Å². The summed E-state index contributed by atoms with van der Waals surface area (Å²) in [6.45, 7) is 2.31. The molecule has 0 unspecified atom stereocenters. The predicted octanol–water partition coefficient (Wildman–Crippen LogP) is 2.14. The van der Waals surface area contributed by atoms with E-state index in [1.807, 2.05) is 6.92 Å². The second-order valence-corrected chi connectivity index (χ2v) is 6.14. The lowest BCUT2D eigenvalue weighted by Gasteiger charge is -2.08. The molecule has 0 saturated carbocycles. The summed E-state index contributed by atoms with van der Waals surface area (Å²) in [5.41, 5.74) is 5.07. The first-order valence-corrected chi connectivity index (χ1v) is 7.58. The molecule has 0 aliphatic carbocycles. The molecule has 108 valence electrons. The van der Waals surface area contributed by atoms with E-state index >= 15 is 0 Å². The van der Waals surface area contributed by atoms with E-state index in [1.165, 1.54) is 0 Å². The van der Waals surface area contributed by atoms with E-state index in [9.17, 15) is 17.2 Å². The van der Waals surface area contributed by atoms with E-state index < -0.39 is 32.1 Å². The number of anilines is 1. The van der Waals surface area contributed by atoms with Gasteiger partial charge < -0.3 is 10.5 Å². The van der Waals surface area contributed by atoms with Crippen LogP contribution >= 0.6 is 0 Å². The Morgan fingerprint density at radius 2 is 1.79 bits per heavy atom. The van der Waals surface area contributed by atoms with Crippen LogP contribution in [0, 0.1) is 11.6 Å². The van der Waals surface area contributed by atoms with Crippen molar-refractivity contribution < 1.29 is 21.9 Å². The number of benzene rings is 1. The summed E-state index contributed by atoms with van der Waals surface area (Å²) in [7, 11) is -4.06. The quantitative estimate of drug-likeness (QED) is 0.617. The zero-order valence-corrected chi connectivity index (χ0v) is 11.5. The molecular formula is C12H17F2NO3S. The lowest BCUT2D eigenvalue weighted by Crippen LogP contribution is -2.16. The molecule has 0 spiro atoms. The van der Waals surface area contributed by atoms with Crippen LogP contribution in [0.2, 0.25) is 0 Å². The molecule has 0 aliphatic rings. The number of sulfone groups is 1. The molecule has 0 fully saturated rings. The second kappa shape index (κ2) is 6.81. The third kappa shape index (κ3) is 4.43. The first-order valence-electron chi connectivity index (χ1n) is 5.93. The number of hydrogen-bond donors (Lipinski definition) is 1. The molecule has 1 aromatic carbocycles. The molecule has 0 aliphatic heterocycles. The molecule has 1 rings (SSSR count). The van der Waals surface area contributed by atoms with E-state index in [-0.39, 0.29) is 12.3 Å². The Labute approximate surface area is 111 Å². The smallest absolute Gasteiger partial charge is 0.186 e. The van der Waals surface area contributed by atoms with Gasteiger partial charge >= 0.3 is 0 Å². The summed E-state index contributed by atoms with van der Waals surface area (Å²) in [5, 5.41) is 0. The summed E-state index contributed by atoms with van der Waals surface area (Å²) < 4.78 is 55.7. The highest BCUT2D eigenvalue weighted by Gasteiger charge is 2.24. The lowest BCUT2D eigenvalue weighted by molar-refractivity contribution is 0.146. The molecular weight excluding hydrogens is 276 g/mol. The molecule has 0 radical (unpaired) electrons. The Kier molecular flexibility index (Phi) is 5.68. The number of rotatable bonds is 7. The first kappa shape index (κ1) is 15.8. The Morgan fingerprint density at radius 1 is 1.21 bits per heavy atom. The van der Waals surface area contributed by atoms with Crippen LogP contribution in [0.3, 0.4) is 0 Å². The molecule has 1 aromatic rings. The van der Waals surface area contributed by atoms with Gasteiger partial charge in [-0.1, -0.05) is 13.3 Å². The molecule has 2 N–H and O–H groups in total. The average Bonchev–Trinajstić information content (AvgIpc) is 2.26. The number of nitrogen functional groups attached to an aromatic ring is 1. The predicted molar refractivity (Wildman–Crippen MR) is 68.6 cm³/mol. The second-order valence-electron chi connectivity index (χ2n) is 4.10. The van der Waals surface area contributed by atoms with Crippen molar-refractivity contribution in [2.75, 3.05) is 24.7 Å². The fourth-order valence-corrected chi connectivity index (χ4v) is 2.75. The van der Waals surface area contributed by atoms with Crippen molar-refractivity contribution in [3.63, 3.8) is 0 Å². The summed E-state index contributed by atoms with van der Waals surface area (Å²) in [6.07, 6.45) is 1.73. The highest BCUT2D eigenvalue weighted by molar-refractivity contribution is 7.91. The van der Waals surface area contributed by atoms with E-state index in [0.29, 0.717) is 6.61 Å². The van der Waals surface area contributed by atoms with E-state index in [2.05, 4.69) is 0 Å². The van der Waals surface area contributed by atoms with Crippen molar-refractivity contribution in [1.82, 2.24) is 0 Å². The van der Waals surface area contributed by atoms with Gasteiger partial charge in [0.25, 0.3) is 0 Å². The Balaban J connectivity index is 2.78. The maximum Gasteiger partial charge on any atom is 0.186 e. The van der Waals surface area contributed by atoms with Gasteiger partial charge in [-0.3, -0.25) is 0 Å². The van der Waals surface area contributed by atoms with Crippen LogP contribution in [0.25, 0.3) is 0 Å². The van der Waals surface area contributed by atoms with Crippen molar-refractivity contribution in [3.05, 3.63) is 23.8 Å².